The lowest BCUT2D eigenvalue weighted by Gasteiger charge is -2.61. The van der Waals surface area contributed by atoms with Gasteiger partial charge in [0.15, 0.2) is 11.5 Å². The number of aromatic hydroxyl groups is 1. The van der Waals surface area contributed by atoms with Crippen LogP contribution in [0.1, 0.15) is 50.2 Å². The van der Waals surface area contributed by atoms with Gasteiger partial charge in [0.1, 0.15) is 15.9 Å². The summed E-state index contributed by atoms with van der Waals surface area (Å²) in [5, 5.41) is 23.5. The van der Waals surface area contributed by atoms with E-state index in [9.17, 15) is 27.0 Å². The van der Waals surface area contributed by atoms with E-state index in [2.05, 4.69) is 4.90 Å². The summed E-state index contributed by atoms with van der Waals surface area (Å²) in [4.78, 5) is 1.84. The van der Waals surface area contributed by atoms with Crippen molar-refractivity contribution in [3.8, 4) is 11.5 Å². The van der Waals surface area contributed by atoms with E-state index in [-0.39, 0.29) is 40.2 Å². The Morgan fingerprint density at radius 1 is 1.00 bits per heavy atom. The van der Waals surface area contributed by atoms with E-state index in [1.807, 2.05) is 13.8 Å². The van der Waals surface area contributed by atoms with Gasteiger partial charge in [0.25, 0.3) is 20.0 Å². The maximum atomic E-state index is 13.7. The van der Waals surface area contributed by atoms with E-state index in [1.54, 1.807) is 6.07 Å². The molecular weight excluding hydrogens is 528 g/mol. The normalized spacial score (nSPS) is 37.1. The highest BCUT2D eigenvalue weighted by molar-refractivity contribution is 8.06. The summed E-state index contributed by atoms with van der Waals surface area (Å²) in [6, 6.07) is 7.62. The van der Waals surface area contributed by atoms with Gasteiger partial charge in [-0.25, -0.2) is 16.8 Å². The summed E-state index contributed by atoms with van der Waals surface area (Å²) in [5.41, 5.74) is -0.921. The van der Waals surface area contributed by atoms with Crippen LogP contribution in [-0.4, -0.2) is 72.5 Å². The molecule has 1 saturated heterocycles. The van der Waals surface area contributed by atoms with Gasteiger partial charge in [0.05, 0.1) is 17.1 Å². The predicted molar refractivity (Wildman–Crippen MR) is 138 cm³/mol. The lowest BCUT2D eigenvalue weighted by Crippen LogP contribution is -2.76. The number of rotatable bonds is 3. The molecule has 0 bridgehead atoms. The van der Waals surface area contributed by atoms with Crippen molar-refractivity contribution in [1.82, 2.24) is 8.61 Å². The molecule has 11 heteroatoms. The monoisotopic (exact) mass is 560 g/mol. The molecule has 2 aromatic carbocycles. The van der Waals surface area contributed by atoms with Crippen molar-refractivity contribution in [2.24, 2.45) is 5.92 Å². The van der Waals surface area contributed by atoms with E-state index in [0.717, 1.165) is 12.1 Å². The van der Waals surface area contributed by atoms with Crippen LogP contribution in [0.2, 0.25) is 0 Å². The van der Waals surface area contributed by atoms with Crippen LogP contribution in [0.5, 0.6) is 11.5 Å². The molecule has 204 valence electrons. The number of benzene rings is 2. The Morgan fingerprint density at radius 2 is 1.66 bits per heavy atom. The Morgan fingerprint density at radius 3 is 2.29 bits per heavy atom. The smallest absolute Gasteiger partial charge is 0.258 e. The molecule has 2 aliphatic carbocycles. The topological polar surface area (TPSA) is 124 Å². The third kappa shape index (κ3) is 2.91. The van der Waals surface area contributed by atoms with E-state index >= 15 is 0 Å². The van der Waals surface area contributed by atoms with E-state index in [4.69, 9.17) is 4.74 Å². The number of ether oxygens (including phenoxy) is 1. The fourth-order valence-electron chi connectivity index (χ4n) is 7.86. The highest BCUT2D eigenvalue weighted by atomic mass is 32.3. The van der Waals surface area contributed by atoms with Gasteiger partial charge >= 0.3 is 0 Å². The first-order chi connectivity index (χ1) is 17.9. The lowest BCUT2D eigenvalue weighted by atomic mass is 9.52. The van der Waals surface area contributed by atoms with Crippen LogP contribution in [0, 0.1) is 12.8 Å². The summed E-state index contributed by atoms with van der Waals surface area (Å²) in [6.45, 7) is 5.45. The molecule has 3 heterocycles. The van der Waals surface area contributed by atoms with Crippen LogP contribution < -0.4 is 4.74 Å². The minimum absolute atomic E-state index is 0.0982. The molecule has 2 saturated carbocycles. The Kier molecular flexibility index (Phi) is 5.05. The number of hydrogen-bond acceptors (Lipinski definition) is 8. The molecule has 3 aliphatic heterocycles. The van der Waals surface area contributed by atoms with Crippen LogP contribution in [0.15, 0.2) is 46.2 Å². The molecule has 38 heavy (non-hydrogen) atoms. The lowest BCUT2D eigenvalue weighted by molar-refractivity contribution is -0.184. The Balaban J connectivity index is 1.41. The number of hydrogen-bond donors (Lipinski definition) is 2. The van der Waals surface area contributed by atoms with Crippen molar-refractivity contribution in [3.63, 3.8) is 0 Å². The van der Waals surface area contributed by atoms with Crippen molar-refractivity contribution >= 4 is 20.0 Å². The molecule has 2 aromatic rings. The second-order valence-corrected chi connectivity index (χ2v) is 15.5. The summed E-state index contributed by atoms with van der Waals surface area (Å²) in [5.74, 6) is 0.743. The van der Waals surface area contributed by atoms with Gasteiger partial charge in [-0.1, -0.05) is 21.9 Å². The summed E-state index contributed by atoms with van der Waals surface area (Å²) < 4.78 is 62.1. The summed E-state index contributed by atoms with van der Waals surface area (Å²) in [6.07, 6.45) is 2.13. The third-order valence-electron chi connectivity index (χ3n) is 9.84. The average molecular weight is 561 g/mol. The molecule has 0 unspecified atom stereocenters. The maximum absolute atomic E-state index is 13.7. The Bertz CT molecular complexity index is 1520. The van der Waals surface area contributed by atoms with Crippen molar-refractivity contribution in [3.05, 3.63) is 47.5 Å². The molecule has 5 atom stereocenters. The summed E-state index contributed by atoms with van der Waals surface area (Å²) in [7, 11) is -8.76. The zero-order chi connectivity index (χ0) is 26.8. The second-order valence-electron chi connectivity index (χ2n) is 11.7. The SMILES string of the molecule is Cc1ccc(O)c2c1[C@]13CCN(CC4CC4)[C@H](C)[C@]1(O)CC[C@@H](N1S(=O)(=O)c4ccccc4S1(=O)=O)[C@@H]3O2. The minimum Gasteiger partial charge on any atom is -0.504 e. The molecule has 3 fully saturated rings. The molecule has 0 radical (unpaired) electrons. The summed E-state index contributed by atoms with van der Waals surface area (Å²) >= 11 is 0. The van der Waals surface area contributed by atoms with Gasteiger partial charge < -0.3 is 14.9 Å². The number of aryl methyl sites for hydroxylation is 1. The molecule has 2 N–H and O–H groups in total. The van der Waals surface area contributed by atoms with Crippen molar-refractivity contribution in [2.75, 3.05) is 13.1 Å². The fourth-order valence-corrected chi connectivity index (χ4v) is 12.7. The predicted octanol–water partition coefficient (Wildman–Crippen LogP) is 2.49. The van der Waals surface area contributed by atoms with E-state index in [1.165, 1.54) is 43.2 Å². The van der Waals surface area contributed by atoms with Crippen molar-refractivity contribution in [2.45, 2.75) is 84.9 Å². The van der Waals surface area contributed by atoms with Gasteiger partial charge in [-0.15, -0.1) is 0 Å². The highest BCUT2D eigenvalue weighted by Gasteiger charge is 2.72. The average Bonchev–Trinajstić information content (AvgIpc) is 3.59. The van der Waals surface area contributed by atoms with Gasteiger partial charge in [0.2, 0.25) is 0 Å². The van der Waals surface area contributed by atoms with Gasteiger partial charge in [0, 0.05) is 18.2 Å². The van der Waals surface area contributed by atoms with Crippen molar-refractivity contribution in [1.29, 1.82) is 0 Å². The van der Waals surface area contributed by atoms with Gasteiger partial charge in [-0.3, -0.25) is 4.90 Å². The molecule has 7 rings (SSSR count). The molecule has 1 spiro atoms. The standard InChI is InChI=1S/C27H32N2O7S2/c1-16-7-10-20(30)24-23(16)26-13-14-28(15-18-8-9-18)17(2)27(26,31)12-11-19(25(26)36-24)29-37(32,33)21-5-3-4-6-22(21)38(29,34)35/h3-7,10,17-19,25,30-31H,8-9,11-15H2,1-2H3/t17-,19-,25+,26+,27-/m1/s1. The van der Waals surface area contributed by atoms with Crippen molar-refractivity contribution < 1.29 is 31.8 Å². The molecular formula is C27H32N2O7S2. The number of phenols is 1. The molecule has 0 amide bonds. The number of piperidine rings is 1. The van der Waals surface area contributed by atoms with E-state index < -0.39 is 43.2 Å². The minimum atomic E-state index is -4.38. The Hall–Kier alpha value is -2.18. The molecule has 5 aliphatic rings. The largest absolute Gasteiger partial charge is 0.504 e. The first-order valence-corrected chi connectivity index (χ1v) is 16.2. The zero-order valence-electron chi connectivity index (χ0n) is 21.4. The zero-order valence-corrected chi connectivity index (χ0v) is 23.0. The maximum Gasteiger partial charge on any atom is 0.258 e. The highest BCUT2D eigenvalue weighted by Crippen LogP contribution is 2.64. The quantitative estimate of drug-likeness (QED) is 0.587. The van der Waals surface area contributed by atoms with Crippen LogP contribution in [0.3, 0.4) is 0 Å². The number of aliphatic hydroxyl groups is 1. The van der Waals surface area contributed by atoms with E-state index in [0.29, 0.717) is 28.2 Å². The number of likely N-dealkylation sites (tertiary alicyclic amines) is 1. The number of phenolic OH excluding ortho intramolecular Hbond substituents is 1. The number of fused-ring (bicyclic) bond motifs is 2. The van der Waals surface area contributed by atoms with Crippen LogP contribution in [0.25, 0.3) is 0 Å². The van der Waals surface area contributed by atoms with Gasteiger partial charge in [-0.2, -0.15) is 0 Å². The van der Waals surface area contributed by atoms with Crippen LogP contribution >= 0.6 is 0 Å². The molecule has 0 aromatic heterocycles. The fraction of sp³-hybridized carbons (Fsp3) is 0.556. The third-order valence-corrected chi connectivity index (χ3v) is 14.5. The molecule has 9 nitrogen and oxygen atoms in total. The number of sulfonamides is 2. The first-order valence-electron chi connectivity index (χ1n) is 13.3. The van der Waals surface area contributed by atoms with Crippen LogP contribution in [0.4, 0.5) is 0 Å². The second kappa shape index (κ2) is 7.72. The van der Waals surface area contributed by atoms with Gasteiger partial charge in [-0.05, 0) is 82.2 Å². The first kappa shape index (κ1) is 24.8. The Labute approximate surface area is 223 Å². The number of nitrogens with zero attached hydrogens (tertiary/aromatic N) is 2. The van der Waals surface area contributed by atoms with Crippen LogP contribution in [-0.2, 0) is 25.5 Å².